The van der Waals surface area contributed by atoms with Crippen LogP contribution in [0.3, 0.4) is 0 Å². The minimum atomic E-state index is -3.75. The van der Waals surface area contributed by atoms with Crippen molar-refractivity contribution in [1.29, 1.82) is 0 Å². The maximum Gasteiger partial charge on any atom is 0.248 e. The van der Waals surface area contributed by atoms with Gasteiger partial charge in [0, 0.05) is 17.6 Å². The van der Waals surface area contributed by atoms with Gasteiger partial charge in [-0.1, -0.05) is 19.9 Å². The summed E-state index contributed by atoms with van der Waals surface area (Å²) in [5, 5.41) is 0. The summed E-state index contributed by atoms with van der Waals surface area (Å²) in [6.45, 7) is 3.95. The zero-order chi connectivity index (χ0) is 15.4. The molecule has 6 nitrogen and oxygen atoms in total. The molecule has 0 radical (unpaired) electrons. The summed E-state index contributed by atoms with van der Waals surface area (Å²) < 4.78 is 27.4. The largest absolute Gasteiger partial charge is 0.366 e. The van der Waals surface area contributed by atoms with Crippen LogP contribution in [0.15, 0.2) is 29.2 Å². The molecule has 0 unspecified atom stereocenters. The first-order chi connectivity index (χ1) is 9.30. The molecule has 112 valence electrons. The number of sulfonamides is 1. The smallest absolute Gasteiger partial charge is 0.248 e. The lowest BCUT2D eigenvalue weighted by Crippen LogP contribution is -2.52. The standard InChI is InChI=1S/C13H21N3O3S/c1-3-13(4-2,9-14)16-20(18,19)11-7-5-6-10(8-11)12(15)17/h5-8,16H,3-4,9,14H2,1-2H3,(H2,15,17). The Morgan fingerprint density at radius 3 is 2.35 bits per heavy atom. The number of primary amides is 1. The Hall–Kier alpha value is -1.44. The van der Waals surface area contributed by atoms with Crippen molar-refractivity contribution in [3.63, 3.8) is 0 Å². The molecule has 0 atom stereocenters. The number of carbonyl (C=O) groups excluding carboxylic acids is 1. The van der Waals surface area contributed by atoms with Crippen LogP contribution in [0.4, 0.5) is 0 Å². The van der Waals surface area contributed by atoms with Gasteiger partial charge in [-0.3, -0.25) is 4.79 Å². The third-order valence-corrected chi connectivity index (χ3v) is 5.10. The van der Waals surface area contributed by atoms with Crippen LogP contribution in [-0.2, 0) is 10.0 Å². The number of benzene rings is 1. The average molecular weight is 299 g/mol. The third-order valence-electron chi connectivity index (χ3n) is 3.52. The fourth-order valence-electron chi connectivity index (χ4n) is 1.89. The fourth-order valence-corrected chi connectivity index (χ4v) is 3.48. The monoisotopic (exact) mass is 299 g/mol. The summed E-state index contributed by atoms with van der Waals surface area (Å²) in [4.78, 5) is 11.1. The zero-order valence-corrected chi connectivity index (χ0v) is 12.5. The maximum atomic E-state index is 12.4. The van der Waals surface area contributed by atoms with Crippen LogP contribution in [-0.4, -0.2) is 26.4 Å². The van der Waals surface area contributed by atoms with E-state index in [4.69, 9.17) is 11.5 Å². The molecule has 1 aromatic rings. The van der Waals surface area contributed by atoms with Crippen LogP contribution >= 0.6 is 0 Å². The van der Waals surface area contributed by atoms with Gasteiger partial charge in [-0.2, -0.15) is 0 Å². The molecule has 0 aliphatic carbocycles. The molecule has 0 heterocycles. The van der Waals surface area contributed by atoms with Crippen molar-refractivity contribution in [3.8, 4) is 0 Å². The van der Waals surface area contributed by atoms with Gasteiger partial charge in [0.15, 0.2) is 0 Å². The summed E-state index contributed by atoms with van der Waals surface area (Å²) in [7, 11) is -3.75. The Kier molecular flexibility index (Phi) is 5.27. The van der Waals surface area contributed by atoms with Crippen LogP contribution in [0.2, 0.25) is 0 Å². The molecule has 0 saturated carbocycles. The molecule has 0 saturated heterocycles. The number of nitrogens with two attached hydrogens (primary N) is 2. The molecule has 0 spiro atoms. The number of hydrogen-bond acceptors (Lipinski definition) is 4. The fraction of sp³-hybridized carbons (Fsp3) is 0.462. The van der Waals surface area contributed by atoms with E-state index in [1.54, 1.807) is 0 Å². The highest BCUT2D eigenvalue weighted by molar-refractivity contribution is 7.89. The third kappa shape index (κ3) is 3.56. The molecule has 1 aromatic carbocycles. The topological polar surface area (TPSA) is 115 Å². The Morgan fingerprint density at radius 2 is 1.90 bits per heavy atom. The first-order valence-electron chi connectivity index (χ1n) is 6.44. The normalized spacial score (nSPS) is 12.3. The molecule has 1 amide bonds. The van der Waals surface area contributed by atoms with Crippen molar-refractivity contribution < 1.29 is 13.2 Å². The Labute approximate surface area is 119 Å². The van der Waals surface area contributed by atoms with Gasteiger partial charge in [-0.15, -0.1) is 0 Å². The van der Waals surface area contributed by atoms with Crippen molar-refractivity contribution in [2.24, 2.45) is 11.5 Å². The Balaban J connectivity index is 3.17. The van der Waals surface area contributed by atoms with E-state index in [1.165, 1.54) is 24.3 Å². The average Bonchev–Trinajstić information content (AvgIpc) is 2.45. The van der Waals surface area contributed by atoms with Crippen LogP contribution in [0.1, 0.15) is 37.0 Å². The molecule has 0 aliphatic heterocycles. The minimum Gasteiger partial charge on any atom is -0.366 e. The Bertz CT molecular complexity index is 572. The lowest BCUT2D eigenvalue weighted by Gasteiger charge is -2.31. The lowest BCUT2D eigenvalue weighted by atomic mass is 9.95. The number of nitrogens with one attached hydrogen (secondary N) is 1. The van der Waals surface area contributed by atoms with Crippen molar-refractivity contribution >= 4 is 15.9 Å². The van der Waals surface area contributed by atoms with Crippen LogP contribution in [0.25, 0.3) is 0 Å². The molecule has 0 aromatic heterocycles. The first kappa shape index (κ1) is 16.6. The quantitative estimate of drug-likeness (QED) is 0.683. The van der Waals surface area contributed by atoms with Gasteiger partial charge in [0.25, 0.3) is 0 Å². The highest BCUT2D eigenvalue weighted by Crippen LogP contribution is 2.19. The van der Waals surface area contributed by atoms with Gasteiger partial charge in [-0.25, -0.2) is 13.1 Å². The van der Waals surface area contributed by atoms with Crippen LogP contribution in [0, 0.1) is 0 Å². The molecule has 1 rings (SSSR count). The molecule has 0 bridgehead atoms. The second kappa shape index (κ2) is 6.34. The zero-order valence-electron chi connectivity index (χ0n) is 11.7. The second-order valence-corrected chi connectivity index (χ2v) is 6.37. The van der Waals surface area contributed by atoms with Gasteiger partial charge in [0.2, 0.25) is 15.9 Å². The van der Waals surface area contributed by atoms with E-state index in [0.29, 0.717) is 12.8 Å². The second-order valence-electron chi connectivity index (χ2n) is 4.69. The molecular formula is C13H21N3O3S. The van der Waals surface area contributed by atoms with Crippen molar-refractivity contribution in [3.05, 3.63) is 29.8 Å². The molecule has 0 aliphatic rings. The van der Waals surface area contributed by atoms with Crippen molar-refractivity contribution in [2.45, 2.75) is 37.1 Å². The van der Waals surface area contributed by atoms with E-state index in [0.717, 1.165) is 0 Å². The molecular weight excluding hydrogens is 278 g/mol. The van der Waals surface area contributed by atoms with Gasteiger partial charge in [0.1, 0.15) is 0 Å². The molecule has 5 N–H and O–H groups in total. The SMILES string of the molecule is CCC(CC)(CN)NS(=O)(=O)c1cccc(C(N)=O)c1. The van der Waals surface area contributed by atoms with E-state index in [2.05, 4.69) is 4.72 Å². The van der Waals surface area contributed by atoms with E-state index in [9.17, 15) is 13.2 Å². The predicted molar refractivity (Wildman–Crippen MR) is 77.6 cm³/mol. The predicted octanol–water partition coefficient (Wildman–Crippen LogP) is 0.581. The van der Waals surface area contributed by atoms with E-state index < -0.39 is 21.5 Å². The van der Waals surface area contributed by atoms with E-state index in [1.807, 2.05) is 13.8 Å². The number of hydrogen-bond donors (Lipinski definition) is 3. The number of rotatable bonds is 7. The van der Waals surface area contributed by atoms with Gasteiger partial charge >= 0.3 is 0 Å². The number of amides is 1. The lowest BCUT2D eigenvalue weighted by molar-refractivity contribution is 0.1000. The van der Waals surface area contributed by atoms with Gasteiger partial charge < -0.3 is 11.5 Å². The summed E-state index contributed by atoms with van der Waals surface area (Å²) in [5.41, 5.74) is 10.3. The number of carbonyl (C=O) groups is 1. The van der Waals surface area contributed by atoms with Gasteiger partial charge in [0.05, 0.1) is 4.90 Å². The van der Waals surface area contributed by atoms with Gasteiger partial charge in [-0.05, 0) is 31.0 Å². The Morgan fingerprint density at radius 1 is 1.30 bits per heavy atom. The van der Waals surface area contributed by atoms with Crippen molar-refractivity contribution in [1.82, 2.24) is 4.72 Å². The summed E-state index contributed by atoms with van der Waals surface area (Å²) >= 11 is 0. The highest BCUT2D eigenvalue weighted by Gasteiger charge is 2.30. The summed E-state index contributed by atoms with van der Waals surface area (Å²) in [6, 6.07) is 5.63. The van der Waals surface area contributed by atoms with Crippen molar-refractivity contribution in [2.75, 3.05) is 6.54 Å². The maximum absolute atomic E-state index is 12.4. The minimum absolute atomic E-state index is 0.00789. The van der Waals surface area contributed by atoms with E-state index in [-0.39, 0.29) is 17.0 Å². The summed E-state index contributed by atoms with van der Waals surface area (Å²) in [6.07, 6.45) is 1.16. The highest BCUT2D eigenvalue weighted by atomic mass is 32.2. The first-order valence-corrected chi connectivity index (χ1v) is 7.92. The van der Waals surface area contributed by atoms with Crippen LogP contribution < -0.4 is 16.2 Å². The molecule has 0 fully saturated rings. The summed E-state index contributed by atoms with van der Waals surface area (Å²) in [5.74, 6) is -0.668. The molecule has 20 heavy (non-hydrogen) atoms. The van der Waals surface area contributed by atoms with Crippen LogP contribution in [0.5, 0.6) is 0 Å². The van der Waals surface area contributed by atoms with E-state index >= 15 is 0 Å². The molecule has 7 heteroatoms.